The second kappa shape index (κ2) is 6.44. The smallest absolute Gasteiger partial charge is 0.0724 e. The number of ether oxygens (including phenoxy) is 1. The fourth-order valence-electron chi connectivity index (χ4n) is 1.39. The number of methoxy groups -OCH3 is 1. The van der Waals surface area contributed by atoms with E-state index in [1.165, 1.54) is 0 Å². The lowest BCUT2D eigenvalue weighted by molar-refractivity contribution is 0.0563. The van der Waals surface area contributed by atoms with Gasteiger partial charge < -0.3 is 10.5 Å². The zero-order valence-corrected chi connectivity index (χ0v) is 8.84. The van der Waals surface area contributed by atoms with Crippen molar-refractivity contribution in [2.75, 3.05) is 7.11 Å². The van der Waals surface area contributed by atoms with E-state index in [9.17, 15) is 0 Å². The number of hydrogen-bond donors (Lipinski definition) is 1. The molecule has 0 aliphatic heterocycles. The number of hydrogen-bond acceptors (Lipinski definition) is 2. The van der Waals surface area contributed by atoms with Gasteiger partial charge >= 0.3 is 0 Å². The van der Waals surface area contributed by atoms with E-state index in [0.717, 1.165) is 19.3 Å². The van der Waals surface area contributed by atoms with Gasteiger partial charge in [0.1, 0.15) is 0 Å². The monoisotopic (exact) mass is 173 g/mol. The molecule has 2 N–H and O–H groups in total. The first kappa shape index (κ1) is 11.9. The third-order valence-electron chi connectivity index (χ3n) is 2.61. The summed E-state index contributed by atoms with van der Waals surface area (Å²) in [5.41, 5.74) is 6.04. The summed E-state index contributed by atoms with van der Waals surface area (Å²) in [6, 6.07) is 0.194. The molecule has 3 unspecified atom stereocenters. The summed E-state index contributed by atoms with van der Waals surface area (Å²) in [6.07, 6.45) is 3.58. The Morgan fingerprint density at radius 3 is 2.25 bits per heavy atom. The van der Waals surface area contributed by atoms with Crippen molar-refractivity contribution in [3.05, 3.63) is 0 Å². The van der Waals surface area contributed by atoms with Crippen LogP contribution in [0.4, 0.5) is 0 Å². The zero-order valence-electron chi connectivity index (χ0n) is 8.84. The summed E-state index contributed by atoms with van der Waals surface area (Å²) < 4.78 is 5.35. The van der Waals surface area contributed by atoms with Gasteiger partial charge in [-0.25, -0.2) is 0 Å². The summed E-state index contributed by atoms with van der Waals surface area (Å²) in [6.45, 7) is 6.52. The fourth-order valence-corrected chi connectivity index (χ4v) is 1.39. The molecule has 0 bridgehead atoms. The standard InChI is InChI=1S/C10H23NO/c1-5-7-9(12-4)10(11)8(3)6-2/h8-10H,5-7,11H2,1-4H3. The van der Waals surface area contributed by atoms with Crippen LogP contribution < -0.4 is 5.73 Å². The highest BCUT2D eigenvalue weighted by molar-refractivity contribution is 4.77. The molecule has 0 saturated carbocycles. The SMILES string of the molecule is CCCC(OC)C(N)C(C)CC. The van der Waals surface area contributed by atoms with E-state index < -0.39 is 0 Å². The Hall–Kier alpha value is -0.0800. The van der Waals surface area contributed by atoms with Gasteiger partial charge in [-0.2, -0.15) is 0 Å². The second-order valence-electron chi connectivity index (χ2n) is 3.53. The molecular weight excluding hydrogens is 150 g/mol. The number of nitrogens with two attached hydrogens (primary N) is 1. The molecular formula is C10H23NO. The van der Waals surface area contributed by atoms with Crippen molar-refractivity contribution in [2.45, 2.75) is 52.2 Å². The lowest BCUT2D eigenvalue weighted by Gasteiger charge is -2.26. The minimum absolute atomic E-state index is 0.194. The van der Waals surface area contributed by atoms with Crippen LogP contribution in [0.25, 0.3) is 0 Å². The maximum absolute atomic E-state index is 6.04. The largest absolute Gasteiger partial charge is 0.380 e. The van der Waals surface area contributed by atoms with Crippen molar-refractivity contribution in [3.63, 3.8) is 0 Å². The van der Waals surface area contributed by atoms with Gasteiger partial charge in [-0.3, -0.25) is 0 Å². The third kappa shape index (κ3) is 3.55. The van der Waals surface area contributed by atoms with Crippen LogP contribution in [0, 0.1) is 5.92 Å². The van der Waals surface area contributed by atoms with Crippen LogP contribution in [0.15, 0.2) is 0 Å². The first-order valence-corrected chi connectivity index (χ1v) is 4.95. The van der Waals surface area contributed by atoms with Crippen LogP contribution in [0.5, 0.6) is 0 Å². The maximum Gasteiger partial charge on any atom is 0.0724 e. The van der Waals surface area contributed by atoms with E-state index in [2.05, 4.69) is 20.8 Å². The van der Waals surface area contributed by atoms with Gasteiger partial charge in [0.15, 0.2) is 0 Å². The number of rotatable bonds is 6. The van der Waals surface area contributed by atoms with Crippen LogP contribution in [-0.2, 0) is 4.74 Å². The van der Waals surface area contributed by atoms with Crippen molar-refractivity contribution in [3.8, 4) is 0 Å². The first-order valence-electron chi connectivity index (χ1n) is 4.95. The van der Waals surface area contributed by atoms with Crippen LogP contribution in [-0.4, -0.2) is 19.3 Å². The minimum atomic E-state index is 0.194. The summed E-state index contributed by atoms with van der Waals surface area (Å²) in [5.74, 6) is 0.557. The summed E-state index contributed by atoms with van der Waals surface area (Å²) in [4.78, 5) is 0. The average molecular weight is 173 g/mol. The van der Waals surface area contributed by atoms with E-state index in [-0.39, 0.29) is 12.1 Å². The van der Waals surface area contributed by atoms with E-state index in [0.29, 0.717) is 5.92 Å². The maximum atomic E-state index is 6.04. The van der Waals surface area contributed by atoms with Crippen LogP contribution in [0.1, 0.15) is 40.0 Å². The Bertz CT molecular complexity index is 106. The lowest BCUT2D eigenvalue weighted by atomic mass is 9.93. The van der Waals surface area contributed by atoms with Crippen molar-refractivity contribution < 1.29 is 4.74 Å². The van der Waals surface area contributed by atoms with Gasteiger partial charge in [-0.15, -0.1) is 0 Å². The normalized spacial score (nSPS) is 18.8. The Balaban J connectivity index is 3.91. The molecule has 0 aromatic heterocycles. The Labute approximate surface area is 76.5 Å². The highest BCUT2D eigenvalue weighted by atomic mass is 16.5. The van der Waals surface area contributed by atoms with Crippen LogP contribution >= 0.6 is 0 Å². The van der Waals surface area contributed by atoms with Gasteiger partial charge in [-0.05, 0) is 12.3 Å². The van der Waals surface area contributed by atoms with Crippen LogP contribution in [0.2, 0.25) is 0 Å². The Morgan fingerprint density at radius 2 is 1.92 bits per heavy atom. The molecule has 0 aromatic carbocycles. The van der Waals surface area contributed by atoms with E-state index >= 15 is 0 Å². The zero-order chi connectivity index (χ0) is 9.56. The molecule has 0 aromatic rings. The molecule has 2 nitrogen and oxygen atoms in total. The van der Waals surface area contributed by atoms with Gasteiger partial charge in [0, 0.05) is 13.2 Å². The molecule has 0 radical (unpaired) electrons. The van der Waals surface area contributed by atoms with E-state index in [1.807, 2.05) is 0 Å². The second-order valence-corrected chi connectivity index (χ2v) is 3.53. The highest BCUT2D eigenvalue weighted by Crippen LogP contribution is 2.14. The Morgan fingerprint density at radius 1 is 1.33 bits per heavy atom. The highest BCUT2D eigenvalue weighted by Gasteiger charge is 2.20. The first-order chi connectivity index (χ1) is 5.67. The molecule has 12 heavy (non-hydrogen) atoms. The average Bonchev–Trinajstić information content (AvgIpc) is 2.11. The van der Waals surface area contributed by atoms with Crippen LogP contribution in [0.3, 0.4) is 0 Å². The van der Waals surface area contributed by atoms with Gasteiger partial charge in [0.05, 0.1) is 6.10 Å². The topological polar surface area (TPSA) is 35.2 Å². The molecule has 0 rings (SSSR count). The van der Waals surface area contributed by atoms with Gasteiger partial charge in [-0.1, -0.05) is 33.6 Å². The van der Waals surface area contributed by atoms with E-state index in [1.54, 1.807) is 7.11 Å². The third-order valence-corrected chi connectivity index (χ3v) is 2.61. The van der Waals surface area contributed by atoms with Gasteiger partial charge in [0.25, 0.3) is 0 Å². The lowest BCUT2D eigenvalue weighted by Crippen LogP contribution is -2.41. The molecule has 3 atom stereocenters. The Kier molecular flexibility index (Phi) is 6.39. The molecule has 0 aliphatic carbocycles. The molecule has 0 amide bonds. The molecule has 0 aliphatic rings. The van der Waals surface area contributed by atoms with Crippen molar-refractivity contribution in [1.82, 2.24) is 0 Å². The molecule has 0 fully saturated rings. The molecule has 0 saturated heterocycles. The predicted octanol–water partition coefficient (Wildman–Crippen LogP) is 2.17. The van der Waals surface area contributed by atoms with E-state index in [4.69, 9.17) is 10.5 Å². The molecule has 0 heterocycles. The summed E-state index contributed by atoms with van der Waals surface area (Å²) in [5, 5.41) is 0. The minimum Gasteiger partial charge on any atom is -0.380 e. The fraction of sp³-hybridized carbons (Fsp3) is 1.00. The molecule has 74 valence electrons. The van der Waals surface area contributed by atoms with Crippen molar-refractivity contribution in [2.24, 2.45) is 11.7 Å². The molecule has 2 heteroatoms. The van der Waals surface area contributed by atoms with Gasteiger partial charge in [0.2, 0.25) is 0 Å². The van der Waals surface area contributed by atoms with Crippen molar-refractivity contribution in [1.29, 1.82) is 0 Å². The summed E-state index contributed by atoms with van der Waals surface area (Å²) >= 11 is 0. The summed E-state index contributed by atoms with van der Waals surface area (Å²) in [7, 11) is 1.75. The van der Waals surface area contributed by atoms with Crippen molar-refractivity contribution >= 4 is 0 Å². The molecule has 0 spiro atoms. The predicted molar refractivity (Wildman–Crippen MR) is 53.1 cm³/mol. The quantitative estimate of drug-likeness (QED) is 0.668.